The summed E-state index contributed by atoms with van der Waals surface area (Å²) in [6.07, 6.45) is 1.54. The highest BCUT2D eigenvalue weighted by Crippen LogP contribution is 2.18. The number of anilines is 1. The molecule has 0 aliphatic carbocycles. The van der Waals surface area contributed by atoms with Crippen molar-refractivity contribution in [2.45, 2.75) is 13.8 Å². The minimum Gasteiger partial charge on any atom is -0.322 e. The van der Waals surface area contributed by atoms with Gasteiger partial charge in [0.1, 0.15) is 0 Å². The smallest absolute Gasteiger partial charge is 0.259 e. The lowest BCUT2D eigenvalue weighted by Crippen LogP contribution is -2.13. The standard InChI is InChI=1S/C14H14N4O/c1-9-4-5-11(7-15)6-13(9)17-14(19)12-8-16-18(3)10(12)2/h4-6,8H,1-3H3,(H,17,19). The molecule has 0 aliphatic heterocycles. The molecule has 0 aliphatic rings. The van der Waals surface area contributed by atoms with Crippen LogP contribution in [0, 0.1) is 25.2 Å². The molecule has 5 nitrogen and oxygen atoms in total. The van der Waals surface area contributed by atoms with Crippen molar-refractivity contribution in [2.24, 2.45) is 7.05 Å². The third-order valence-corrected chi connectivity index (χ3v) is 3.09. The highest BCUT2D eigenvalue weighted by atomic mass is 16.1. The lowest BCUT2D eigenvalue weighted by atomic mass is 10.1. The highest BCUT2D eigenvalue weighted by Gasteiger charge is 2.13. The number of rotatable bonds is 2. The first-order chi connectivity index (χ1) is 9.02. The Bertz CT molecular complexity index is 679. The van der Waals surface area contributed by atoms with Gasteiger partial charge in [0.2, 0.25) is 0 Å². The van der Waals surface area contributed by atoms with Crippen LogP contribution in [0.4, 0.5) is 5.69 Å². The molecule has 19 heavy (non-hydrogen) atoms. The topological polar surface area (TPSA) is 70.7 Å². The normalized spacial score (nSPS) is 10.0. The molecule has 1 amide bonds. The van der Waals surface area contributed by atoms with Crippen LogP contribution in [0.25, 0.3) is 0 Å². The third-order valence-electron chi connectivity index (χ3n) is 3.09. The number of amides is 1. The van der Waals surface area contributed by atoms with E-state index < -0.39 is 0 Å². The van der Waals surface area contributed by atoms with Crippen LogP contribution >= 0.6 is 0 Å². The van der Waals surface area contributed by atoms with Crippen LogP contribution in [0.5, 0.6) is 0 Å². The fraction of sp³-hybridized carbons (Fsp3) is 0.214. The molecule has 0 unspecified atom stereocenters. The van der Waals surface area contributed by atoms with Crippen LogP contribution in [0.2, 0.25) is 0 Å². The Morgan fingerprint density at radius 2 is 2.16 bits per heavy atom. The van der Waals surface area contributed by atoms with Crippen LogP contribution in [0.1, 0.15) is 27.2 Å². The second-order valence-electron chi connectivity index (χ2n) is 4.36. The quantitative estimate of drug-likeness (QED) is 0.892. The van der Waals surface area contributed by atoms with Crippen molar-refractivity contribution in [3.8, 4) is 6.07 Å². The summed E-state index contributed by atoms with van der Waals surface area (Å²) in [6.45, 7) is 3.72. The Morgan fingerprint density at radius 3 is 2.74 bits per heavy atom. The van der Waals surface area contributed by atoms with E-state index >= 15 is 0 Å². The molecule has 2 aromatic rings. The second kappa shape index (κ2) is 4.94. The Hall–Kier alpha value is -2.61. The van der Waals surface area contributed by atoms with Crippen LogP contribution in [-0.4, -0.2) is 15.7 Å². The van der Waals surface area contributed by atoms with Gasteiger partial charge in [0, 0.05) is 18.4 Å². The van der Waals surface area contributed by atoms with Crippen LogP contribution in [0.3, 0.4) is 0 Å². The van der Waals surface area contributed by atoms with Crippen LogP contribution in [0.15, 0.2) is 24.4 Å². The van der Waals surface area contributed by atoms with Crippen LogP contribution in [-0.2, 0) is 7.05 Å². The molecule has 0 bridgehead atoms. The lowest BCUT2D eigenvalue weighted by molar-refractivity contribution is 0.102. The Morgan fingerprint density at radius 1 is 1.42 bits per heavy atom. The maximum absolute atomic E-state index is 12.2. The summed E-state index contributed by atoms with van der Waals surface area (Å²) in [6, 6.07) is 7.25. The average Bonchev–Trinajstić information content (AvgIpc) is 2.73. The molecule has 0 saturated carbocycles. The lowest BCUT2D eigenvalue weighted by Gasteiger charge is -2.08. The summed E-state index contributed by atoms with van der Waals surface area (Å²) < 4.78 is 1.65. The van der Waals surface area contributed by atoms with Gasteiger partial charge in [-0.25, -0.2) is 0 Å². The first kappa shape index (κ1) is 12.8. The predicted molar refractivity (Wildman–Crippen MR) is 71.8 cm³/mol. The number of hydrogen-bond acceptors (Lipinski definition) is 3. The van der Waals surface area contributed by atoms with E-state index in [0.717, 1.165) is 11.3 Å². The van der Waals surface area contributed by atoms with Gasteiger partial charge in [0.25, 0.3) is 5.91 Å². The number of nitriles is 1. The Kier molecular flexibility index (Phi) is 3.34. The van der Waals surface area contributed by atoms with E-state index in [1.807, 2.05) is 19.9 Å². The summed E-state index contributed by atoms with van der Waals surface area (Å²) in [4.78, 5) is 12.2. The van der Waals surface area contributed by atoms with Crippen molar-refractivity contribution in [2.75, 3.05) is 5.32 Å². The van der Waals surface area contributed by atoms with Crippen molar-refractivity contribution in [1.29, 1.82) is 5.26 Å². The number of hydrogen-bond donors (Lipinski definition) is 1. The van der Waals surface area contributed by atoms with Gasteiger partial charge in [-0.15, -0.1) is 0 Å². The number of nitrogens with zero attached hydrogens (tertiary/aromatic N) is 3. The monoisotopic (exact) mass is 254 g/mol. The maximum Gasteiger partial charge on any atom is 0.259 e. The van der Waals surface area contributed by atoms with E-state index in [-0.39, 0.29) is 5.91 Å². The highest BCUT2D eigenvalue weighted by molar-refractivity contribution is 6.05. The SMILES string of the molecule is Cc1ccc(C#N)cc1NC(=O)c1cnn(C)c1C. The van der Waals surface area contributed by atoms with E-state index in [1.54, 1.807) is 23.9 Å². The van der Waals surface area contributed by atoms with Gasteiger partial charge < -0.3 is 5.32 Å². The average molecular weight is 254 g/mol. The summed E-state index contributed by atoms with van der Waals surface area (Å²) in [5.41, 5.74) is 3.40. The van der Waals surface area contributed by atoms with E-state index in [1.165, 1.54) is 6.20 Å². The van der Waals surface area contributed by atoms with Crippen LogP contribution < -0.4 is 5.32 Å². The molecule has 0 spiro atoms. The molecule has 5 heteroatoms. The molecule has 0 atom stereocenters. The van der Waals surface area contributed by atoms with Gasteiger partial charge in [-0.1, -0.05) is 6.07 Å². The Labute approximate surface area is 111 Å². The van der Waals surface area contributed by atoms with E-state index in [4.69, 9.17) is 5.26 Å². The summed E-state index contributed by atoms with van der Waals surface area (Å²) >= 11 is 0. The molecule has 2 rings (SSSR count). The zero-order valence-corrected chi connectivity index (χ0v) is 11.1. The molecular weight excluding hydrogens is 240 g/mol. The zero-order chi connectivity index (χ0) is 14.0. The largest absolute Gasteiger partial charge is 0.322 e. The fourth-order valence-corrected chi connectivity index (χ4v) is 1.74. The first-order valence-electron chi connectivity index (χ1n) is 5.83. The van der Waals surface area contributed by atoms with Gasteiger partial charge in [-0.2, -0.15) is 10.4 Å². The van der Waals surface area contributed by atoms with Gasteiger partial charge in [-0.05, 0) is 31.5 Å². The molecule has 1 aromatic carbocycles. The van der Waals surface area contributed by atoms with Crippen molar-refractivity contribution < 1.29 is 4.79 Å². The molecule has 0 fully saturated rings. The predicted octanol–water partition coefficient (Wildman–Crippen LogP) is 2.16. The summed E-state index contributed by atoms with van der Waals surface area (Å²) in [7, 11) is 1.79. The van der Waals surface area contributed by atoms with Crippen molar-refractivity contribution >= 4 is 11.6 Å². The fourth-order valence-electron chi connectivity index (χ4n) is 1.74. The van der Waals surface area contributed by atoms with E-state index in [2.05, 4.69) is 16.5 Å². The number of carbonyl (C=O) groups is 1. The second-order valence-corrected chi connectivity index (χ2v) is 4.36. The van der Waals surface area contributed by atoms with Gasteiger partial charge in [-0.3, -0.25) is 9.48 Å². The number of aryl methyl sites for hydroxylation is 2. The third kappa shape index (κ3) is 2.47. The molecule has 1 aromatic heterocycles. The first-order valence-corrected chi connectivity index (χ1v) is 5.83. The molecule has 0 saturated heterocycles. The number of aromatic nitrogens is 2. The summed E-state index contributed by atoms with van der Waals surface area (Å²) in [5, 5.41) is 15.7. The van der Waals surface area contributed by atoms with Gasteiger partial charge in [0.05, 0.1) is 23.4 Å². The number of benzene rings is 1. The number of nitrogens with one attached hydrogen (secondary N) is 1. The zero-order valence-electron chi connectivity index (χ0n) is 11.1. The van der Waals surface area contributed by atoms with Crippen molar-refractivity contribution in [1.82, 2.24) is 9.78 Å². The molecule has 1 heterocycles. The van der Waals surface area contributed by atoms with E-state index in [0.29, 0.717) is 16.8 Å². The van der Waals surface area contributed by atoms with Crippen molar-refractivity contribution in [3.63, 3.8) is 0 Å². The maximum atomic E-state index is 12.2. The van der Waals surface area contributed by atoms with Gasteiger partial charge in [0.15, 0.2) is 0 Å². The minimum absolute atomic E-state index is 0.219. The molecule has 0 radical (unpaired) electrons. The molecular formula is C14H14N4O. The number of carbonyl (C=O) groups excluding carboxylic acids is 1. The van der Waals surface area contributed by atoms with Crippen molar-refractivity contribution in [3.05, 3.63) is 46.8 Å². The minimum atomic E-state index is -0.219. The molecule has 96 valence electrons. The van der Waals surface area contributed by atoms with Gasteiger partial charge >= 0.3 is 0 Å². The molecule has 1 N–H and O–H groups in total. The Balaban J connectivity index is 2.29. The van der Waals surface area contributed by atoms with E-state index in [9.17, 15) is 4.79 Å². The summed E-state index contributed by atoms with van der Waals surface area (Å²) in [5.74, 6) is -0.219.